The van der Waals surface area contributed by atoms with Gasteiger partial charge in [0.2, 0.25) is 0 Å². The lowest BCUT2D eigenvalue weighted by Gasteiger charge is -2.18. The predicted octanol–water partition coefficient (Wildman–Crippen LogP) is 2.90. The fourth-order valence-corrected chi connectivity index (χ4v) is 2.09. The maximum atomic E-state index is 12.3. The third kappa shape index (κ3) is 3.22. The number of hydrogen-bond donors (Lipinski definition) is 2. The van der Waals surface area contributed by atoms with E-state index in [0.29, 0.717) is 22.8 Å². The highest BCUT2D eigenvalue weighted by Crippen LogP contribution is 2.20. The van der Waals surface area contributed by atoms with E-state index in [2.05, 4.69) is 0 Å². The molecule has 0 saturated carbocycles. The number of aromatic hydroxyl groups is 1. The molecule has 0 aliphatic heterocycles. The normalized spacial score (nSPS) is 10.3. The summed E-state index contributed by atoms with van der Waals surface area (Å²) in [5.41, 5.74) is 7.40. The van der Waals surface area contributed by atoms with Crippen molar-refractivity contribution in [3.63, 3.8) is 0 Å². The van der Waals surface area contributed by atoms with Gasteiger partial charge in [-0.3, -0.25) is 4.79 Å². The average molecular weight is 291 g/mol. The highest BCUT2D eigenvalue weighted by molar-refractivity contribution is 6.31. The van der Waals surface area contributed by atoms with Gasteiger partial charge in [0, 0.05) is 24.3 Å². The zero-order chi connectivity index (χ0) is 14.7. The van der Waals surface area contributed by atoms with E-state index in [1.807, 2.05) is 6.07 Å². The Labute approximate surface area is 122 Å². The number of hydrogen-bond acceptors (Lipinski definition) is 3. The van der Waals surface area contributed by atoms with Crippen molar-refractivity contribution < 1.29 is 9.90 Å². The third-order valence-corrected chi connectivity index (χ3v) is 3.16. The van der Waals surface area contributed by atoms with E-state index in [4.69, 9.17) is 17.3 Å². The number of anilines is 1. The Hall–Kier alpha value is -2.20. The van der Waals surface area contributed by atoms with E-state index in [0.717, 1.165) is 5.56 Å². The molecule has 2 aromatic carbocycles. The van der Waals surface area contributed by atoms with Crippen molar-refractivity contribution in [2.24, 2.45) is 0 Å². The molecule has 0 atom stereocenters. The number of nitrogens with two attached hydrogens (primary N) is 1. The van der Waals surface area contributed by atoms with Crippen LogP contribution < -0.4 is 5.73 Å². The van der Waals surface area contributed by atoms with Crippen LogP contribution in [0.4, 0.5) is 5.69 Å². The summed E-state index contributed by atoms with van der Waals surface area (Å²) in [5.74, 6) is -0.0426. The lowest BCUT2D eigenvalue weighted by Crippen LogP contribution is -2.27. The van der Waals surface area contributed by atoms with Crippen LogP contribution in [-0.4, -0.2) is 23.0 Å². The summed E-state index contributed by atoms with van der Waals surface area (Å²) >= 11 is 5.89. The minimum atomic E-state index is -0.214. The first-order valence-corrected chi connectivity index (χ1v) is 6.43. The van der Waals surface area contributed by atoms with Crippen LogP contribution in [0.1, 0.15) is 15.9 Å². The summed E-state index contributed by atoms with van der Waals surface area (Å²) in [5, 5.41) is 9.89. The Kier molecular flexibility index (Phi) is 4.15. The molecule has 0 aliphatic rings. The molecule has 4 nitrogen and oxygen atoms in total. The van der Waals surface area contributed by atoms with E-state index >= 15 is 0 Å². The lowest BCUT2D eigenvalue weighted by atomic mass is 10.1. The zero-order valence-electron chi connectivity index (χ0n) is 11.0. The summed E-state index contributed by atoms with van der Waals surface area (Å²) < 4.78 is 0. The number of halogens is 1. The van der Waals surface area contributed by atoms with Crippen molar-refractivity contribution >= 4 is 23.2 Å². The number of amides is 1. The largest absolute Gasteiger partial charge is 0.508 e. The molecular formula is C15H15ClN2O2. The maximum Gasteiger partial charge on any atom is 0.256 e. The first-order chi connectivity index (χ1) is 9.47. The highest BCUT2D eigenvalue weighted by Gasteiger charge is 2.15. The number of rotatable bonds is 3. The molecule has 0 spiro atoms. The lowest BCUT2D eigenvalue weighted by molar-refractivity contribution is 0.0786. The van der Waals surface area contributed by atoms with E-state index < -0.39 is 0 Å². The smallest absolute Gasteiger partial charge is 0.256 e. The fourth-order valence-electron chi connectivity index (χ4n) is 1.92. The summed E-state index contributed by atoms with van der Waals surface area (Å²) in [4.78, 5) is 13.9. The maximum absolute atomic E-state index is 12.3. The number of nitrogen functional groups attached to an aromatic ring is 1. The van der Waals surface area contributed by atoms with E-state index in [9.17, 15) is 9.90 Å². The quantitative estimate of drug-likeness (QED) is 0.854. The van der Waals surface area contributed by atoms with Crippen LogP contribution in [0.2, 0.25) is 5.02 Å². The Morgan fingerprint density at radius 2 is 2.05 bits per heavy atom. The highest BCUT2D eigenvalue weighted by atomic mass is 35.5. The van der Waals surface area contributed by atoms with Crippen molar-refractivity contribution in [1.82, 2.24) is 4.90 Å². The van der Waals surface area contributed by atoms with Gasteiger partial charge in [-0.05, 0) is 35.9 Å². The first-order valence-electron chi connectivity index (χ1n) is 6.06. The molecule has 0 radical (unpaired) electrons. The average Bonchev–Trinajstić information content (AvgIpc) is 2.40. The molecule has 0 aliphatic carbocycles. The molecule has 5 heteroatoms. The monoisotopic (exact) mass is 290 g/mol. The van der Waals surface area contributed by atoms with Crippen LogP contribution >= 0.6 is 11.6 Å². The van der Waals surface area contributed by atoms with Crippen molar-refractivity contribution in [3.8, 4) is 5.75 Å². The van der Waals surface area contributed by atoms with Crippen molar-refractivity contribution in [3.05, 3.63) is 58.6 Å². The Morgan fingerprint density at radius 1 is 1.30 bits per heavy atom. The van der Waals surface area contributed by atoms with Gasteiger partial charge in [0.05, 0.1) is 5.56 Å². The Bertz CT molecular complexity index is 644. The minimum Gasteiger partial charge on any atom is -0.508 e. The molecule has 0 aromatic heterocycles. The number of carbonyl (C=O) groups excluding carboxylic acids is 1. The minimum absolute atomic E-state index is 0.172. The second-order valence-electron chi connectivity index (χ2n) is 4.56. The second-order valence-corrected chi connectivity index (χ2v) is 5.00. The van der Waals surface area contributed by atoms with Crippen LogP contribution in [0.5, 0.6) is 5.75 Å². The number of benzene rings is 2. The van der Waals surface area contributed by atoms with Gasteiger partial charge in [0.25, 0.3) is 5.91 Å². The van der Waals surface area contributed by atoms with Crippen LogP contribution in [0.25, 0.3) is 0 Å². The van der Waals surface area contributed by atoms with Crippen LogP contribution in [0.3, 0.4) is 0 Å². The standard InChI is InChI=1S/C15H15ClN2O2/c1-18(9-10-3-2-4-12(19)7-10)15(20)13-8-11(16)5-6-14(13)17/h2-8,19H,9,17H2,1H3. The zero-order valence-corrected chi connectivity index (χ0v) is 11.8. The summed E-state index contributed by atoms with van der Waals surface area (Å²) in [6, 6.07) is 11.6. The van der Waals surface area contributed by atoms with Gasteiger partial charge < -0.3 is 15.7 Å². The van der Waals surface area contributed by atoms with Crippen LogP contribution in [-0.2, 0) is 6.54 Å². The molecule has 3 N–H and O–H groups in total. The molecule has 0 bridgehead atoms. The summed E-state index contributed by atoms with van der Waals surface area (Å²) in [6.07, 6.45) is 0. The van der Waals surface area contributed by atoms with Crippen molar-refractivity contribution in [2.45, 2.75) is 6.54 Å². The number of phenolic OH excluding ortho intramolecular Hbond substituents is 1. The molecule has 0 fully saturated rings. The van der Waals surface area contributed by atoms with Crippen molar-refractivity contribution in [1.29, 1.82) is 0 Å². The van der Waals surface area contributed by atoms with Crippen LogP contribution in [0.15, 0.2) is 42.5 Å². The van der Waals surface area contributed by atoms with Crippen molar-refractivity contribution in [2.75, 3.05) is 12.8 Å². The van der Waals surface area contributed by atoms with E-state index in [1.165, 1.54) is 4.90 Å². The van der Waals surface area contributed by atoms with E-state index in [1.54, 1.807) is 43.4 Å². The third-order valence-electron chi connectivity index (χ3n) is 2.92. The van der Waals surface area contributed by atoms with Crippen LogP contribution in [0, 0.1) is 0 Å². The number of nitrogens with zero attached hydrogens (tertiary/aromatic N) is 1. The molecule has 0 heterocycles. The Morgan fingerprint density at radius 3 is 2.75 bits per heavy atom. The molecule has 0 saturated heterocycles. The molecule has 2 aromatic rings. The van der Waals surface area contributed by atoms with Gasteiger partial charge in [-0.1, -0.05) is 23.7 Å². The molecular weight excluding hydrogens is 276 g/mol. The van der Waals surface area contributed by atoms with Gasteiger partial charge in [-0.2, -0.15) is 0 Å². The van der Waals surface area contributed by atoms with Gasteiger partial charge in [-0.15, -0.1) is 0 Å². The van der Waals surface area contributed by atoms with Gasteiger partial charge in [0.15, 0.2) is 0 Å². The Balaban J connectivity index is 2.18. The fraction of sp³-hybridized carbons (Fsp3) is 0.133. The number of carbonyl (C=O) groups is 1. The molecule has 2 rings (SSSR count). The second kappa shape index (κ2) is 5.84. The van der Waals surface area contributed by atoms with Gasteiger partial charge >= 0.3 is 0 Å². The molecule has 1 amide bonds. The summed E-state index contributed by atoms with van der Waals surface area (Å²) in [7, 11) is 1.67. The molecule has 104 valence electrons. The van der Waals surface area contributed by atoms with E-state index in [-0.39, 0.29) is 11.7 Å². The first kappa shape index (κ1) is 14.2. The molecule has 0 unspecified atom stereocenters. The van der Waals surface area contributed by atoms with Gasteiger partial charge in [0.1, 0.15) is 5.75 Å². The molecule has 20 heavy (non-hydrogen) atoms. The summed E-state index contributed by atoms with van der Waals surface area (Å²) in [6.45, 7) is 0.374. The SMILES string of the molecule is CN(Cc1cccc(O)c1)C(=O)c1cc(Cl)ccc1N. The topological polar surface area (TPSA) is 66.6 Å². The number of phenols is 1. The van der Waals surface area contributed by atoms with Gasteiger partial charge in [-0.25, -0.2) is 0 Å². The predicted molar refractivity (Wildman–Crippen MR) is 79.8 cm³/mol.